The normalized spacial score (nSPS) is 11.6. The van der Waals surface area contributed by atoms with E-state index in [2.05, 4.69) is 22.7 Å². The Morgan fingerprint density at radius 3 is 2.44 bits per heavy atom. The van der Waals surface area contributed by atoms with Gasteiger partial charge >= 0.3 is 6.36 Å². The number of benzene rings is 2. The molecule has 2 N–H and O–H groups in total. The average molecular weight is 392 g/mol. The summed E-state index contributed by atoms with van der Waals surface area (Å²) in [5.74, 6) is -0.243. The molecule has 2 aromatic carbocycles. The fourth-order valence-corrected chi connectivity index (χ4v) is 3.67. The van der Waals surface area contributed by atoms with Crippen LogP contribution in [0.15, 0.2) is 41.8 Å². The largest absolute Gasteiger partial charge is 0.573 e. The first kappa shape index (κ1) is 19.2. The number of nitrogens with zero attached hydrogens (tertiary/aromatic N) is 1. The highest BCUT2D eigenvalue weighted by Gasteiger charge is 2.31. The zero-order valence-electron chi connectivity index (χ0n) is 14.9. The summed E-state index contributed by atoms with van der Waals surface area (Å²) in [5.41, 5.74) is 11.9. The first-order chi connectivity index (χ1) is 12.7. The summed E-state index contributed by atoms with van der Waals surface area (Å²) in [6, 6.07) is 9.85. The third-order valence-electron chi connectivity index (χ3n) is 4.23. The molecule has 0 bridgehead atoms. The molecule has 0 saturated carbocycles. The predicted molar refractivity (Wildman–Crippen MR) is 102 cm³/mol. The van der Waals surface area contributed by atoms with Gasteiger partial charge in [0.1, 0.15) is 10.8 Å². The lowest BCUT2D eigenvalue weighted by atomic mass is 9.97. The van der Waals surface area contributed by atoms with Crippen molar-refractivity contribution in [2.24, 2.45) is 0 Å². The fraction of sp³-hybridized carbons (Fsp3) is 0.250. The predicted octanol–water partition coefficient (Wildman–Crippen LogP) is 5.75. The molecule has 0 atom stereocenters. The van der Waals surface area contributed by atoms with Gasteiger partial charge < -0.3 is 10.5 Å². The van der Waals surface area contributed by atoms with Crippen LogP contribution < -0.4 is 10.5 Å². The van der Waals surface area contributed by atoms with Gasteiger partial charge in [-0.25, -0.2) is 4.98 Å². The van der Waals surface area contributed by atoms with Gasteiger partial charge in [0.05, 0.1) is 5.69 Å². The number of alkyl halides is 3. The lowest BCUT2D eigenvalue weighted by molar-refractivity contribution is -0.274. The molecule has 0 aliphatic carbocycles. The Labute approximate surface area is 159 Å². The standard InChI is InChI=1S/C20H19F3N2OS/c1-3-13-10-18(24)12(2)8-15(13)9-16-11-27-19(25-16)14-4-6-17(7-5-14)26-20(21,22)23/h4-8,10-11H,3,9,24H2,1-2H3. The Morgan fingerprint density at radius 1 is 1.11 bits per heavy atom. The molecule has 0 radical (unpaired) electrons. The van der Waals surface area contributed by atoms with E-state index in [1.165, 1.54) is 34.6 Å². The van der Waals surface area contributed by atoms with Gasteiger partial charge in [-0.1, -0.05) is 13.0 Å². The second-order valence-electron chi connectivity index (χ2n) is 6.22. The minimum Gasteiger partial charge on any atom is -0.406 e. The highest BCUT2D eigenvalue weighted by atomic mass is 32.1. The van der Waals surface area contributed by atoms with Crippen LogP contribution in [-0.4, -0.2) is 11.3 Å². The summed E-state index contributed by atoms with van der Waals surface area (Å²) < 4.78 is 40.6. The molecule has 27 heavy (non-hydrogen) atoms. The van der Waals surface area contributed by atoms with Gasteiger partial charge in [0.25, 0.3) is 0 Å². The number of nitrogens with two attached hydrogens (primary N) is 1. The van der Waals surface area contributed by atoms with E-state index in [0.29, 0.717) is 6.42 Å². The minimum atomic E-state index is -4.69. The van der Waals surface area contributed by atoms with Crippen LogP contribution in [0.3, 0.4) is 0 Å². The van der Waals surface area contributed by atoms with Crippen molar-refractivity contribution in [2.45, 2.75) is 33.1 Å². The molecular formula is C20H19F3N2OS. The molecule has 7 heteroatoms. The number of aryl methyl sites for hydroxylation is 2. The first-order valence-corrected chi connectivity index (χ1v) is 9.31. The molecule has 0 saturated heterocycles. The SMILES string of the molecule is CCc1cc(N)c(C)cc1Cc1csc(-c2ccc(OC(F)(F)F)cc2)n1. The van der Waals surface area contributed by atoms with Crippen LogP contribution in [0.2, 0.25) is 0 Å². The average Bonchev–Trinajstić information content (AvgIpc) is 3.05. The molecule has 1 aromatic heterocycles. The fourth-order valence-electron chi connectivity index (χ4n) is 2.84. The van der Waals surface area contributed by atoms with Crippen molar-refractivity contribution in [2.75, 3.05) is 5.73 Å². The summed E-state index contributed by atoms with van der Waals surface area (Å²) in [5, 5.41) is 2.73. The topological polar surface area (TPSA) is 48.1 Å². The Hall–Kier alpha value is -2.54. The summed E-state index contributed by atoms with van der Waals surface area (Å²) in [6.45, 7) is 4.07. The summed E-state index contributed by atoms with van der Waals surface area (Å²) in [7, 11) is 0. The van der Waals surface area contributed by atoms with Crippen LogP contribution in [-0.2, 0) is 12.8 Å². The maximum atomic E-state index is 12.2. The molecule has 3 aromatic rings. The number of nitrogen functional groups attached to an aromatic ring is 1. The van der Waals surface area contributed by atoms with Gasteiger partial charge in [-0.2, -0.15) is 0 Å². The second-order valence-corrected chi connectivity index (χ2v) is 7.08. The van der Waals surface area contributed by atoms with E-state index in [4.69, 9.17) is 5.73 Å². The van der Waals surface area contributed by atoms with Gasteiger partial charge in [0, 0.05) is 23.1 Å². The van der Waals surface area contributed by atoms with E-state index < -0.39 is 6.36 Å². The van der Waals surface area contributed by atoms with E-state index in [9.17, 15) is 13.2 Å². The van der Waals surface area contributed by atoms with Crippen molar-refractivity contribution in [3.63, 3.8) is 0 Å². The maximum absolute atomic E-state index is 12.2. The van der Waals surface area contributed by atoms with Crippen molar-refractivity contribution in [3.05, 3.63) is 64.2 Å². The maximum Gasteiger partial charge on any atom is 0.573 e. The number of hydrogen-bond donors (Lipinski definition) is 1. The van der Waals surface area contributed by atoms with Gasteiger partial charge in [-0.05, 0) is 60.4 Å². The second kappa shape index (κ2) is 7.60. The van der Waals surface area contributed by atoms with E-state index in [1.807, 2.05) is 18.4 Å². The van der Waals surface area contributed by atoms with Gasteiger partial charge in [-0.15, -0.1) is 24.5 Å². The third kappa shape index (κ3) is 4.80. The van der Waals surface area contributed by atoms with Gasteiger partial charge in [0.15, 0.2) is 0 Å². The van der Waals surface area contributed by atoms with Crippen LogP contribution in [0.5, 0.6) is 5.75 Å². The number of aromatic nitrogens is 1. The zero-order valence-corrected chi connectivity index (χ0v) is 15.7. The monoisotopic (exact) mass is 392 g/mol. The third-order valence-corrected chi connectivity index (χ3v) is 5.17. The van der Waals surface area contributed by atoms with Gasteiger partial charge in [0.2, 0.25) is 0 Å². The molecule has 3 nitrogen and oxygen atoms in total. The van der Waals surface area contributed by atoms with Crippen LogP contribution in [0, 0.1) is 6.92 Å². The lowest BCUT2D eigenvalue weighted by Crippen LogP contribution is -2.16. The molecule has 142 valence electrons. The van der Waals surface area contributed by atoms with Crippen LogP contribution >= 0.6 is 11.3 Å². The highest BCUT2D eigenvalue weighted by molar-refractivity contribution is 7.13. The zero-order chi connectivity index (χ0) is 19.6. The van der Waals surface area contributed by atoms with E-state index in [1.54, 1.807) is 12.1 Å². The van der Waals surface area contributed by atoms with E-state index in [-0.39, 0.29) is 5.75 Å². The summed E-state index contributed by atoms with van der Waals surface area (Å²) in [6.07, 6.45) is -3.11. The molecule has 0 aliphatic heterocycles. The van der Waals surface area contributed by atoms with E-state index in [0.717, 1.165) is 33.9 Å². The van der Waals surface area contributed by atoms with Crippen LogP contribution in [0.4, 0.5) is 18.9 Å². The molecule has 0 unspecified atom stereocenters. The van der Waals surface area contributed by atoms with Crippen LogP contribution in [0.1, 0.15) is 29.3 Å². The van der Waals surface area contributed by atoms with E-state index >= 15 is 0 Å². The Morgan fingerprint density at radius 2 is 1.81 bits per heavy atom. The van der Waals surface area contributed by atoms with Crippen molar-refractivity contribution in [1.82, 2.24) is 4.98 Å². The molecular weight excluding hydrogens is 373 g/mol. The summed E-state index contributed by atoms with van der Waals surface area (Å²) >= 11 is 1.46. The number of ether oxygens (including phenoxy) is 1. The molecule has 0 amide bonds. The van der Waals surface area contributed by atoms with Gasteiger partial charge in [-0.3, -0.25) is 0 Å². The van der Waals surface area contributed by atoms with Crippen LogP contribution in [0.25, 0.3) is 10.6 Å². The van der Waals surface area contributed by atoms with Crippen molar-refractivity contribution in [3.8, 4) is 16.3 Å². The molecule has 0 spiro atoms. The highest BCUT2D eigenvalue weighted by Crippen LogP contribution is 2.29. The molecule has 0 aliphatic rings. The molecule has 3 rings (SSSR count). The quantitative estimate of drug-likeness (QED) is 0.562. The Balaban J connectivity index is 1.78. The molecule has 1 heterocycles. The number of thiazole rings is 1. The molecule has 0 fully saturated rings. The minimum absolute atomic E-state index is 0.243. The van der Waals surface area contributed by atoms with Crippen molar-refractivity contribution >= 4 is 17.0 Å². The number of hydrogen-bond acceptors (Lipinski definition) is 4. The Bertz CT molecular complexity index is 933. The Kier molecular flexibility index (Phi) is 5.41. The first-order valence-electron chi connectivity index (χ1n) is 8.43. The van der Waals surface area contributed by atoms with Crippen molar-refractivity contribution < 1.29 is 17.9 Å². The summed E-state index contributed by atoms with van der Waals surface area (Å²) in [4.78, 5) is 4.63. The smallest absolute Gasteiger partial charge is 0.406 e. The number of rotatable bonds is 5. The number of anilines is 1. The lowest BCUT2D eigenvalue weighted by Gasteiger charge is -2.10. The van der Waals surface area contributed by atoms with Crippen molar-refractivity contribution in [1.29, 1.82) is 0 Å². The number of halogens is 3.